The number of ether oxygens (including phenoxy) is 1. The van der Waals surface area contributed by atoms with Crippen molar-refractivity contribution in [2.75, 3.05) is 12.0 Å². The number of anilines is 1. The van der Waals surface area contributed by atoms with E-state index in [1.165, 1.54) is 17.9 Å². The molecular formula is C19H14N4O5. The van der Waals surface area contributed by atoms with Gasteiger partial charge in [0.25, 0.3) is 11.8 Å². The fourth-order valence-corrected chi connectivity index (χ4v) is 3.25. The smallest absolute Gasteiger partial charge is 0.313 e. The number of imide groups is 1. The molecule has 1 aliphatic rings. The summed E-state index contributed by atoms with van der Waals surface area (Å²) >= 11 is 0. The first kappa shape index (κ1) is 17.4. The SMILES string of the molecule is COc1c(-c2ccn(C)n2)cc(N2C(=O)c3ccccc3C2=O)cc1[N+](=O)[O-]. The third-order valence-corrected chi connectivity index (χ3v) is 4.50. The largest absolute Gasteiger partial charge is 0.490 e. The highest BCUT2D eigenvalue weighted by molar-refractivity contribution is 6.34. The topological polar surface area (TPSA) is 108 Å². The molecule has 28 heavy (non-hydrogen) atoms. The molecule has 4 rings (SSSR count). The summed E-state index contributed by atoms with van der Waals surface area (Å²) in [6.07, 6.45) is 1.68. The Kier molecular flexibility index (Phi) is 3.92. The summed E-state index contributed by atoms with van der Waals surface area (Å²) in [7, 11) is 3.02. The molecular weight excluding hydrogens is 364 g/mol. The summed E-state index contributed by atoms with van der Waals surface area (Å²) in [5.74, 6) is -1.07. The molecule has 0 aliphatic carbocycles. The Morgan fingerprint density at radius 2 is 1.68 bits per heavy atom. The summed E-state index contributed by atoms with van der Waals surface area (Å²) in [6, 6.07) is 10.7. The zero-order valence-electron chi connectivity index (χ0n) is 14.9. The van der Waals surface area contributed by atoms with Gasteiger partial charge in [0.2, 0.25) is 5.75 Å². The number of hydrogen-bond acceptors (Lipinski definition) is 6. The number of nitrogens with zero attached hydrogens (tertiary/aromatic N) is 4. The summed E-state index contributed by atoms with van der Waals surface area (Å²) < 4.78 is 6.79. The lowest BCUT2D eigenvalue weighted by Crippen LogP contribution is -2.29. The van der Waals surface area contributed by atoms with Crippen molar-refractivity contribution < 1.29 is 19.2 Å². The van der Waals surface area contributed by atoms with E-state index in [0.717, 1.165) is 11.0 Å². The maximum atomic E-state index is 12.8. The zero-order chi connectivity index (χ0) is 20.0. The van der Waals surface area contributed by atoms with Crippen molar-refractivity contribution in [2.24, 2.45) is 7.05 Å². The molecule has 0 N–H and O–H groups in total. The first-order valence-corrected chi connectivity index (χ1v) is 8.26. The Morgan fingerprint density at radius 1 is 1.04 bits per heavy atom. The van der Waals surface area contributed by atoms with Crippen LogP contribution in [0.1, 0.15) is 20.7 Å². The van der Waals surface area contributed by atoms with E-state index in [9.17, 15) is 19.7 Å². The Labute approximate surface area is 158 Å². The number of aromatic nitrogens is 2. The van der Waals surface area contributed by atoms with Crippen LogP contribution in [0, 0.1) is 10.1 Å². The van der Waals surface area contributed by atoms with Crippen molar-refractivity contribution in [1.82, 2.24) is 9.78 Å². The zero-order valence-corrected chi connectivity index (χ0v) is 14.9. The molecule has 2 aromatic carbocycles. The van der Waals surface area contributed by atoms with Gasteiger partial charge in [-0.15, -0.1) is 0 Å². The number of carbonyl (C=O) groups is 2. The molecule has 2 amide bonds. The number of methoxy groups -OCH3 is 1. The van der Waals surface area contributed by atoms with E-state index >= 15 is 0 Å². The van der Waals surface area contributed by atoms with Gasteiger partial charge >= 0.3 is 5.69 Å². The van der Waals surface area contributed by atoms with Gasteiger partial charge in [-0.25, -0.2) is 4.90 Å². The molecule has 0 atom stereocenters. The van der Waals surface area contributed by atoms with Gasteiger partial charge in [-0.2, -0.15) is 5.10 Å². The molecule has 3 aromatic rings. The highest BCUT2D eigenvalue weighted by atomic mass is 16.6. The summed E-state index contributed by atoms with van der Waals surface area (Å²) in [5, 5.41) is 15.9. The van der Waals surface area contributed by atoms with Crippen LogP contribution in [0.2, 0.25) is 0 Å². The summed E-state index contributed by atoms with van der Waals surface area (Å²) in [5.41, 5.74) is 0.956. The Hall–Kier alpha value is -4.01. The average Bonchev–Trinajstić information content (AvgIpc) is 3.23. The number of fused-ring (bicyclic) bond motifs is 1. The predicted molar refractivity (Wildman–Crippen MR) is 99.4 cm³/mol. The summed E-state index contributed by atoms with van der Waals surface area (Å²) in [4.78, 5) is 37.5. The molecule has 0 radical (unpaired) electrons. The number of benzene rings is 2. The number of nitro benzene ring substituents is 1. The minimum atomic E-state index is -0.618. The Morgan fingerprint density at radius 3 is 2.18 bits per heavy atom. The molecule has 9 nitrogen and oxygen atoms in total. The van der Waals surface area contributed by atoms with Gasteiger partial charge in [-0.1, -0.05) is 12.1 Å². The van der Waals surface area contributed by atoms with Crippen molar-refractivity contribution in [2.45, 2.75) is 0 Å². The van der Waals surface area contributed by atoms with Gasteiger partial charge in [0.15, 0.2) is 0 Å². The van der Waals surface area contributed by atoms with Gasteiger partial charge in [0.05, 0.1) is 40.1 Å². The van der Waals surface area contributed by atoms with Crippen LogP contribution in [0.3, 0.4) is 0 Å². The molecule has 0 saturated heterocycles. The highest BCUT2D eigenvalue weighted by Crippen LogP contribution is 2.42. The molecule has 0 unspecified atom stereocenters. The van der Waals surface area contributed by atoms with E-state index in [2.05, 4.69) is 5.10 Å². The van der Waals surface area contributed by atoms with E-state index < -0.39 is 16.7 Å². The second-order valence-electron chi connectivity index (χ2n) is 6.17. The van der Waals surface area contributed by atoms with E-state index in [-0.39, 0.29) is 28.3 Å². The quantitative estimate of drug-likeness (QED) is 0.392. The van der Waals surface area contributed by atoms with Crippen LogP contribution in [-0.2, 0) is 7.05 Å². The minimum Gasteiger partial charge on any atom is -0.490 e. The van der Waals surface area contributed by atoms with Crippen LogP contribution in [0.15, 0.2) is 48.7 Å². The van der Waals surface area contributed by atoms with Crippen molar-refractivity contribution >= 4 is 23.2 Å². The first-order valence-electron chi connectivity index (χ1n) is 8.26. The molecule has 9 heteroatoms. The molecule has 0 fully saturated rings. The molecule has 0 spiro atoms. The normalized spacial score (nSPS) is 13.0. The number of nitro groups is 1. The number of rotatable bonds is 4. The van der Waals surface area contributed by atoms with Crippen LogP contribution >= 0.6 is 0 Å². The molecule has 1 aromatic heterocycles. The molecule has 2 heterocycles. The lowest BCUT2D eigenvalue weighted by Gasteiger charge is -2.16. The monoisotopic (exact) mass is 378 g/mol. The fraction of sp³-hybridized carbons (Fsp3) is 0.105. The second-order valence-corrected chi connectivity index (χ2v) is 6.17. The number of hydrogen-bond donors (Lipinski definition) is 0. The van der Waals surface area contributed by atoms with Crippen molar-refractivity contribution in [3.63, 3.8) is 0 Å². The number of carbonyl (C=O) groups excluding carboxylic acids is 2. The Balaban J connectivity index is 1.94. The summed E-state index contributed by atoms with van der Waals surface area (Å²) in [6.45, 7) is 0. The van der Waals surface area contributed by atoms with Crippen LogP contribution in [0.4, 0.5) is 11.4 Å². The van der Waals surface area contributed by atoms with Crippen molar-refractivity contribution in [1.29, 1.82) is 0 Å². The first-order chi connectivity index (χ1) is 13.4. The number of amides is 2. The Bertz CT molecular complexity index is 1120. The minimum absolute atomic E-state index is 0.00376. The maximum absolute atomic E-state index is 12.8. The molecule has 0 bridgehead atoms. The van der Waals surface area contributed by atoms with E-state index in [1.807, 2.05) is 0 Å². The third-order valence-electron chi connectivity index (χ3n) is 4.50. The average molecular weight is 378 g/mol. The van der Waals surface area contributed by atoms with E-state index in [0.29, 0.717) is 11.3 Å². The van der Waals surface area contributed by atoms with Crippen molar-refractivity contribution in [3.05, 3.63) is 69.9 Å². The van der Waals surface area contributed by atoms with Gasteiger partial charge in [0, 0.05) is 19.3 Å². The van der Waals surface area contributed by atoms with E-state index in [1.54, 1.807) is 43.6 Å². The lowest BCUT2D eigenvalue weighted by molar-refractivity contribution is -0.385. The van der Waals surface area contributed by atoms with Gasteiger partial charge in [0.1, 0.15) is 0 Å². The van der Waals surface area contributed by atoms with Crippen LogP contribution in [0.25, 0.3) is 11.3 Å². The second kappa shape index (κ2) is 6.31. The van der Waals surface area contributed by atoms with Gasteiger partial charge in [-0.3, -0.25) is 24.4 Å². The molecule has 1 aliphatic heterocycles. The number of aryl methyl sites for hydroxylation is 1. The van der Waals surface area contributed by atoms with Crippen LogP contribution in [0.5, 0.6) is 5.75 Å². The predicted octanol–water partition coefficient (Wildman–Crippen LogP) is 2.80. The maximum Gasteiger partial charge on any atom is 0.313 e. The lowest BCUT2D eigenvalue weighted by atomic mass is 10.1. The highest BCUT2D eigenvalue weighted by Gasteiger charge is 2.38. The van der Waals surface area contributed by atoms with Crippen LogP contribution < -0.4 is 9.64 Å². The standard InChI is InChI=1S/C19H14N4O5/c1-21-8-7-15(20-21)14-9-11(10-16(23(26)27)17(14)28-2)22-18(24)12-5-3-4-6-13(12)19(22)25/h3-10H,1-2H3. The molecule has 140 valence electrons. The van der Waals surface area contributed by atoms with Gasteiger partial charge < -0.3 is 4.74 Å². The van der Waals surface area contributed by atoms with Crippen LogP contribution in [-0.4, -0.2) is 33.6 Å². The van der Waals surface area contributed by atoms with Gasteiger partial charge in [-0.05, 0) is 24.3 Å². The fourth-order valence-electron chi connectivity index (χ4n) is 3.25. The van der Waals surface area contributed by atoms with Crippen molar-refractivity contribution in [3.8, 4) is 17.0 Å². The third kappa shape index (κ3) is 2.52. The molecule has 0 saturated carbocycles. The van der Waals surface area contributed by atoms with E-state index in [4.69, 9.17) is 4.74 Å².